The molecule has 8 heteroatoms. The lowest BCUT2D eigenvalue weighted by Gasteiger charge is -2.25. The Hall–Kier alpha value is -5.50. The summed E-state index contributed by atoms with van der Waals surface area (Å²) in [5, 5.41) is 1.86. The van der Waals surface area contributed by atoms with E-state index in [2.05, 4.69) is 9.97 Å². The van der Waals surface area contributed by atoms with E-state index in [1.807, 2.05) is 125 Å². The van der Waals surface area contributed by atoms with Crippen molar-refractivity contribution in [3.05, 3.63) is 119 Å². The standard InChI is InChI=1S/C40H40N2O6/c1-39(2,25-15-19-27(45-5)20-16-25)35(43)23-31-29-11-7-9-13-33(29)41-36(31)37-32(30-12-8-10-14-34(30)42-37)24-47-38(44)48-40(3,4)26-17-21-28(46-6)22-18-26/h7-22,41-42H,23-24H2,1-6H3. The van der Waals surface area contributed by atoms with Crippen molar-refractivity contribution in [2.45, 2.75) is 51.7 Å². The first-order valence-electron chi connectivity index (χ1n) is 15.9. The zero-order valence-corrected chi connectivity index (χ0v) is 28.1. The summed E-state index contributed by atoms with van der Waals surface area (Å²) in [6.07, 6.45) is -0.605. The minimum absolute atomic E-state index is 0.0447. The molecule has 0 radical (unpaired) electrons. The van der Waals surface area contributed by atoms with Gasteiger partial charge < -0.3 is 28.9 Å². The van der Waals surface area contributed by atoms with Crippen molar-refractivity contribution in [3.8, 4) is 22.9 Å². The fraction of sp³-hybridized carbons (Fsp3) is 0.250. The van der Waals surface area contributed by atoms with Gasteiger partial charge in [-0.15, -0.1) is 0 Å². The minimum atomic E-state index is -0.937. The van der Waals surface area contributed by atoms with Crippen LogP contribution in [0, 0.1) is 0 Å². The number of ether oxygens (including phenoxy) is 4. The van der Waals surface area contributed by atoms with Crippen molar-refractivity contribution in [1.82, 2.24) is 9.97 Å². The van der Waals surface area contributed by atoms with Crippen LogP contribution in [0.15, 0.2) is 97.1 Å². The first-order valence-corrected chi connectivity index (χ1v) is 15.9. The predicted octanol–water partition coefficient (Wildman–Crippen LogP) is 9.01. The third-order valence-corrected chi connectivity index (χ3v) is 9.18. The Balaban J connectivity index is 1.33. The number of nitrogens with one attached hydrogen (secondary N) is 2. The number of H-pyrrole nitrogens is 2. The Labute approximate surface area is 280 Å². The van der Waals surface area contributed by atoms with E-state index in [0.29, 0.717) is 5.75 Å². The summed E-state index contributed by atoms with van der Waals surface area (Å²) in [5.74, 6) is 1.52. The van der Waals surface area contributed by atoms with Gasteiger partial charge in [0.25, 0.3) is 0 Å². The van der Waals surface area contributed by atoms with Crippen LogP contribution in [0.25, 0.3) is 33.2 Å². The SMILES string of the molecule is COc1ccc(C(C)(C)OC(=O)OCc2c(-c3[nH]c4ccccc4c3CC(=O)C(C)(C)c3ccc(OC)cc3)[nH]c3ccccc23)cc1. The van der Waals surface area contributed by atoms with Gasteiger partial charge in [-0.2, -0.15) is 0 Å². The van der Waals surface area contributed by atoms with Crippen LogP contribution in [0.1, 0.15) is 49.9 Å². The maximum absolute atomic E-state index is 14.1. The number of benzene rings is 4. The zero-order valence-electron chi connectivity index (χ0n) is 28.1. The number of methoxy groups -OCH3 is 2. The molecule has 6 aromatic rings. The van der Waals surface area contributed by atoms with Crippen LogP contribution < -0.4 is 9.47 Å². The van der Waals surface area contributed by atoms with Crippen LogP contribution in [0.4, 0.5) is 4.79 Å². The average molecular weight is 645 g/mol. The Morgan fingerprint density at radius 1 is 0.625 bits per heavy atom. The van der Waals surface area contributed by atoms with E-state index in [-0.39, 0.29) is 18.8 Å². The molecule has 2 heterocycles. The van der Waals surface area contributed by atoms with Gasteiger partial charge in [0, 0.05) is 39.2 Å². The third kappa shape index (κ3) is 6.26. The molecule has 0 aliphatic heterocycles. The number of fused-ring (bicyclic) bond motifs is 2. The normalized spacial score (nSPS) is 11.9. The highest BCUT2D eigenvalue weighted by atomic mass is 16.7. The van der Waals surface area contributed by atoms with Crippen molar-refractivity contribution in [2.75, 3.05) is 14.2 Å². The van der Waals surface area contributed by atoms with Gasteiger partial charge in [-0.25, -0.2) is 4.79 Å². The molecule has 6 rings (SSSR count). The number of carbonyl (C=O) groups is 2. The number of carbonyl (C=O) groups excluding carboxylic acids is 2. The van der Waals surface area contributed by atoms with E-state index in [9.17, 15) is 9.59 Å². The summed E-state index contributed by atoms with van der Waals surface area (Å²) >= 11 is 0. The van der Waals surface area contributed by atoms with Crippen LogP contribution in [0.2, 0.25) is 0 Å². The Kier molecular flexibility index (Phi) is 8.75. The summed E-state index contributed by atoms with van der Waals surface area (Å²) in [4.78, 5) is 34.4. The molecule has 0 fully saturated rings. The molecule has 0 aliphatic rings. The number of Topliss-reactive ketones (excluding diaryl/α,β-unsaturated/α-hetero) is 1. The van der Waals surface area contributed by atoms with Gasteiger partial charge >= 0.3 is 6.16 Å². The maximum atomic E-state index is 14.1. The van der Waals surface area contributed by atoms with Gasteiger partial charge in [-0.05, 0) is 80.8 Å². The topological polar surface area (TPSA) is 103 Å². The molecule has 0 saturated heterocycles. The van der Waals surface area contributed by atoms with Gasteiger partial charge in [0.2, 0.25) is 0 Å². The molecule has 0 bridgehead atoms. The van der Waals surface area contributed by atoms with Crippen LogP contribution in [-0.4, -0.2) is 36.1 Å². The van der Waals surface area contributed by atoms with E-state index >= 15 is 0 Å². The molecule has 0 saturated carbocycles. The Morgan fingerprint density at radius 2 is 1.10 bits per heavy atom. The van der Waals surface area contributed by atoms with E-state index in [0.717, 1.165) is 61.2 Å². The quantitative estimate of drug-likeness (QED) is 0.137. The van der Waals surface area contributed by atoms with E-state index in [1.165, 1.54) is 0 Å². The molecular weight excluding hydrogens is 604 g/mol. The molecular formula is C40H40N2O6. The number of aromatic amines is 2. The molecule has 48 heavy (non-hydrogen) atoms. The number of ketones is 1. The monoisotopic (exact) mass is 644 g/mol. The Bertz CT molecular complexity index is 2080. The molecule has 246 valence electrons. The molecule has 2 aromatic heterocycles. The molecule has 2 N–H and O–H groups in total. The fourth-order valence-corrected chi connectivity index (χ4v) is 6.13. The molecule has 0 aliphatic carbocycles. The van der Waals surface area contributed by atoms with Crippen LogP contribution >= 0.6 is 0 Å². The summed E-state index contributed by atoms with van der Waals surface area (Å²) in [5.41, 5.74) is 4.98. The number of hydrogen-bond donors (Lipinski definition) is 2. The summed E-state index contributed by atoms with van der Waals surface area (Å²) in [7, 11) is 3.23. The lowest BCUT2D eigenvalue weighted by atomic mass is 9.78. The first-order chi connectivity index (χ1) is 23.0. The zero-order chi connectivity index (χ0) is 34.1. The van der Waals surface area contributed by atoms with Crippen molar-refractivity contribution in [3.63, 3.8) is 0 Å². The van der Waals surface area contributed by atoms with Crippen molar-refractivity contribution >= 4 is 33.7 Å². The van der Waals surface area contributed by atoms with Gasteiger partial charge in [0.05, 0.1) is 25.6 Å². The van der Waals surface area contributed by atoms with Crippen LogP contribution in [-0.2, 0) is 38.3 Å². The highest BCUT2D eigenvalue weighted by Crippen LogP contribution is 2.38. The van der Waals surface area contributed by atoms with Gasteiger partial charge in [0.1, 0.15) is 29.5 Å². The smallest absolute Gasteiger partial charge is 0.497 e. The molecule has 0 amide bonds. The van der Waals surface area contributed by atoms with Crippen molar-refractivity contribution in [2.24, 2.45) is 0 Å². The minimum Gasteiger partial charge on any atom is -0.497 e. The predicted molar refractivity (Wildman–Crippen MR) is 188 cm³/mol. The number of rotatable bonds is 11. The number of para-hydroxylation sites is 2. The van der Waals surface area contributed by atoms with Crippen LogP contribution in [0.3, 0.4) is 0 Å². The van der Waals surface area contributed by atoms with Gasteiger partial charge in [-0.3, -0.25) is 4.79 Å². The molecule has 0 spiro atoms. The fourth-order valence-electron chi connectivity index (χ4n) is 6.13. The largest absolute Gasteiger partial charge is 0.509 e. The van der Waals surface area contributed by atoms with E-state index in [4.69, 9.17) is 18.9 Å². The van der Waals surface area contributed by atoms with Gasteiger partial charge in [0.15, 0.2) is 0 Å². The second kappa shape index (κ2) is 13.0. The third-order valence-electron chi connectivity index (χ3n) is 9.18. The lowest BCUT2D eigenvalue weighted by Crippen LogP contribution is -2.30. The highest BCUT2D eigenvalue weighted by Gasteiger charge is 2.32. The van der Waals surface area contributed by atoms with E-state index < -0.39 is 17.2 Å². The number of hydrogen-bond acceptors (Lipinski definition) is 6. The van der Waals surface area contributed by atoms with Crippen molar-refractivity contribution < 1.29 is 28.5 Å². The second-order valence-electron chi connectivity index (χ2n) is 12.9. The van der Waals surface area contributed by atoms with Crippen molar-refractivity contribution in [1.29, 1.82) is 0 Å². The summed E-state index contributed by atoms with van der Waals surface area (Å²) in [6.45, 7) is 7.49. The molecule has 0 unspecified atom stereocenters. The average Bonchev–Trinajstić information content (AvgIpc) is 3.65. The highest BCUT2D eigenvalue weighted by molar-refractivity contribution is 6.00. The van der Waals surface area contributed by atoms with E-state index in [1.54, 1.807) is 14.2 Å². The maximum Gasteiger partial charge on any atom is 0.509 e. The number of aromatic nitrogens is 2. The molecule has 8 nitrogen and oxygen atoms in total. The second-order valence-corrected chi connectivity index (χ2v) is 12.9. The van der Waals surface area contributed by atoms with Crippen LogP contribution in [0.5, 0.6) is 11.5 Å². The molecule has 0 atom stereocenters. The Morgan fingerprint density at radius 3 is 1.65 bits per heavy atom. The lowest BCUT2D eigenvalue weighted by molar-refractivity contribution is -0.122. The first kappa shape index (κ1) is 32.4. The summed E-state index contributed by atoms with van der Waals surface area (Å²) < 4.78 is 22.2. The van der Waals surface area contributed by atoms with Gasteiger partial charge in [-0.1, -0.05) is 60.7 Å². The summed E-state index contributed by atoms with van der Waals surface area (Å²) in [6, 6.07) is 30.8. The molecule has 4 aromatic carbocycles.